The summed E-state index contributed by atoms with van der Waals surface area (Å²) in [5, 5.41) is 8.30. The number of rotatable bonds is 2. The van der Waals surface area contributed by atoms with Gasteiger partial charge in [0.25, 0.3) is 0 Å². The molecule has 1 aromatic carbocycles. The van der Waals surface area contributed by atoms with E-state index in [0.29, 0.717) is 0 Å². The van der Waals surface area contributed by atoms with Crippen LogP contribution in [0.5, 0.6) is 0 Å². The molecule has 1 aliphatic rings. The van der Waals surface area contributed by atoms with Gasteiger partial charge < -0.3 is 5.73 Å². The molecule has 104 valence electrons. The summed E-state index contributed by atoms with van der Waals surface area (Å²) in [5.74, 6) is 0. The first-order valence-corrected chi connectivity index (χ1v) is 6.98. The topological polar surface area (TPSA) is 56.7 Å². The van der Waals surface area contributed by atoms with E-state index < -0.39 is 0 Å². The van der Waals surface area contributed by atoms with E-state index in [9.17, 15) is 0 Å². The van der Waals surface area contributed by atoms with Crippen molar-refractivity contribution in [3.8, 4) is 5.69 Å². The van der Waals surface area contributed by atoms with Gasteiger partial charge in [0.15, 0.2) is 0 Å². The molecule has 1 aliphatic carbocycles. The summed E-state index contributed by atoms with van der Waals surface area (Å²) >= 11 is 0. The summed E-state index contributed by atoms with van der Waals surface area (Å²) in [6, 6.07) is 10.2. The standard InChI is InChI=1S/C16H20N4/c1-16(2)9-12(8-13(17)10-16)15-11-18-19-20(15)14-6-4-3-5-7-14/h3-8,11,13H,9-10,17H2,1-2H3. The number of para-hydroxylation sites is 1. The molecule has 0 radical (unpaired) electrons. The van der Waals surface area contributed by atoms with Gasteiger partial charge in [-0.25, -0.2) is 4.68 Å². The molecule has 0 spiro atoms. The summed E-state index contributed by atoms with van der Waals surface area (Å²) in [6.45, 7) is 4.52. The number of nitrogens with zero attached hydrogens (tertiary/aromatic N) is 3. The van der Waals surface area contributed by atoms with Crippen molar-refractivity contribution < 1.29 is 0 Å². The highest BCUT2D eigenvalue weighted by Gasteiger charge is 2.29. The molecule has 1 atom stereocenters. The molecule has 4 heteroatoms. The maximum absolute atomic E-state index is 6.17. The van der Waals surface area contributed by atoms with Crippen LogP contribution in [-0.2, 0) is 0 Å². The Morgan fingerprint density at radius 1 is 1.25 bits per heavy atom. The summed E-state index contributed by atoms with van der Waals surface area (Å²) in [7, 11) is 0. The van der Waals surface area contributed by atoms with Crippen molar-refractivity contribution in [2.75, 3.05) is 0 Å². The van der Waals surface area contributed by atoms with Gasteiger partial charge in [0.05, 0.1) is 17.6 Å². The quantitative estimate of drug-likeness (QED) is 0.911. The monoisotopic (exact) mass is 268 g/mol. The first-order valence-electron chi connectivity index (χ1n) is 6.98. The van der Waals surface area contributed by atoms with Gasteiger partial charge in [-0.15, -0.1) is 5.10 Å². The summed E-state index contributed by atoms with van der Waals surface area (Å²) < 4.78 is 1.89. The molecule has 0 bridgehead atoms. The van der Waals surface area contributed by atoms with Crippen molar-refractivity contribution in [2.45, 2.75) is 32.7 Å². The van der Waals surface area contributed by atoms with Crippen LogP contribution >= 0.6 is 0 Å². The Morgan fingerprint density at radius 2 is 2.00 bits per heavy atom. The van der Waals surface area contributed by atoms with Crippen LogP contribution in [-0.4, -0.2) is 21.0 Å². The molecule has 1 heterocycles. The van der Waals surface area contributed by atoms with E-state index in [-0.39, 0.29) is 11.5 Å². The Morgan fingerprint density at radius 3 is 2.70 bits per heavy atom. The minimum atomic E-state index is 0.105. The molecule has 0 amide bonds. The molecule has 2 aromatic rings. The van der Waals surface area contributed by atoms with Crippen molar-refractivity contribution in [2.24, 2.45) is 11.1 Å². The van der Waals surface area contributed by atoms with Gasteiger partial charge in [-0.1, -0.05) is 43.3 Å². The molecule has 0 saturated heterocycles. The lowest BCUT2D eigenvalue weighted by atomic mass is 9.75. The minimum absolute atomic E-state index is 0.105. The molecule has 0 aliphatic heterocycles. The average Bonchev–Trinajstić information content (AvgIpc) is 2.86. The number of allylic oxidation sites excluding steroid dienone is 1. The third kappa shape index (κ3) is 2.51. The van der Waals surface area contributed by atoms with Crippen molar-refractivity contribution >= 4 is 5.57 Å². The van der Waals surface area contributed by atoms with Crippen LogP contribution < -0.4 is 5.73 Å². The molecule has 1 aromatic heterocycles. The van der Waals surface area contributed by atoms with Gasteiger partial charge >= 0.3 is 0 Å². The Hall–Kier alpha value is -1.94. The second kappa shape index (κ2) is 4.87. The van der Waals surface area contributed by atoms with Crippen LogP contribution in [0.25, 0.3) is 11.3 Å². The molecule has 20 heavy (non-hydrogen) atoms. The zero-order valence-electron chi connectivity index (χ0n) is 12.0. The highest BCUT2D eigenvalue weighted by molar-refractivity contribution is 5.66. The SMILES string of the molecule is CC1(C)CC(c2cnnn2-c2ccccc2)=CC(N)C1. The van der Waals surface area contributed by atoms with E-state index in [1.54, 1.807) is 0 Å². The van der Waals surface area contributed by atoms with Crippen molar-refractivity contribution in [3.05, 3.63) is 48.3 Å². The van der Waals surface area contributed by atoms with E-state index in [1.807, 2.05) is 41.2 Å². The Labute approximate surface area is 119 Å². The fourth-order valence-corrected chi connectivity index (χ4v) is 2.99. The van der Waals surface area contributed by atoms with E-state index in [1.165, 1.54) is 5.57 Å². The zero-order valence-corrected chi connectivity index (χ0v) is 12.0. The maximum atomic E-state index is 6.17. The van der Waals surface area contributed by atoms with Crippen molar-refractivity contribution in [1.29, 1.82) is 0 Å². The fourth-order valence-electron chi connectivity index (χ4n) is 2.99. The van der Waals surface area contributed by atoms with Crippen LogP contribution in [0.15, 0.2) is 42.6 Å². The summed E-state index contributed by atoms with van der Waals surface area (Å²) in [5.41, 5.74) is 9.69. The minimum Gasteiger partial charge on any atom is -0.324 e. The van der Waals surface area contributed by atoms with Crippen molar-refractivity contribution in [3.63, 3.8) is 0 Å². The van der Waals surface area contributed by atoms with Crippen LogP contribution in [0.1, 0.15) is 32.4 Å². The lowest BCUT2D eigenvalue weighted by molar-refractivity contribution is 0.318. The van der Waals surface area contributed by atoms with E-state index >= 15 is 0 Å². The van der Waals surface area contributed by atoms with Gasteiger partial charge in [0.1, 0.15) is 0 Å². The van der Waals surface area contributed by atoms with Crippen molar-refractivity contribution in [1.82, 2.24) is 15.0 Å². The number of aromatic nitrogens is 3. The first kappa shape index (κ1) is 13.1. The van der Waals surface area contributed by atoms with Gasteiger partial charge in [-0.05, 0) is 36.0 Å². The van der Waals surface area contributed by atoms with Gasteiger partial charge in [-0.3, -0.25) is 0 Å². The average molecular weight is 268 g/mol. The number of nitrogens with two attached hydrogens (primary N) is 1. The molecule has 1 unspecified atom stereocenters. The number of hydrogen-bond acceptors (Lipinski definition) is 3. The Balaban J connectivity index is 2.02. The van der Waals surface area contributed by atoms with Gasteiger partial charge in [0.2, 0.25) is 0 Å². The molecule has 2 N–H and O–H groups in total. The lowest BCUT2D eigenvalue weighted by Gasteiger charge is -2.33. The van der Waals surface area contributed by atoms with Crippen LogP contribution in [0, 0.1) is 5.41 Å². The normalized spacial score (nSPS) is 21.6. The Kier molecular flexibility index (Phi) is 3.18. The Bertz CT molecular complexity index is 625. The molecule has 0 saturated carbocycles. The molecular weight excluding hydrogens is 248 g/mol. The van der Waals surface area contributed by atoms with E-state index in [4.69, 9.17) is 5.73 Å². The molecular formula is C16H20N4. The third-order valence-corrected chi connectivity index (χ3v) is 3.75. The maximum Gasteiger partial charge on any atom is 0.0901 e. The third-order valence-electron chi connectivity index (χ3n) is 3.75. The first-order chi connectivity index (χ1) is 9.55. The molecule has 4 nitrogen and oxygen atoms in total. The highest BCUT2D eigenvalue weighted by atomic mass is 15.4. The smallest absolute Gasteiger partial charge is 0.0901 e. The number of benzene rings is 1. The van der Waals surface area contributed by atoms with E-state index in [2.05, 4.69) is 30.2 Å². The predicted octanol–water partition coefficient (Wildman–Crippen LogP) is 2.80. The molecule has 0 fully saturated rings. The van der Waals surface area contributed by atoms with E-state index in [0.717, 1.165) is 24.2 Å². The summed E-state index contributed by atoms with van der Waals surface area (Å²) in [4.78, 5) is 0. The predicted molar refractivity (Wildman–Crippen MR) is 80.3 cm³/mol. The second-order valence-corrected chi connectivity index (χ2v) is 6.27. The second-order valence-electron chi connectivity index (χ2n) is 6.27. The molecule has 3 rings (SSSR count). The largest absolute Gasteiger partial charge is 0.324 e. The summed E-state index contributed by atoms with van der Waals surface area (Å²) in [6.07, 6.45) is 6.00. The fraction of sp³-hybridized carbons (Fsp3) is 0.375. The zero-order chi connectivity index (χ0) is 14.2. The van der Waals surface area contributed by atoms with Crippen LogP contribution in [0.2, 0.25) is 0 Å². The highest BCUT2D eigenvalue weighted by Crippen LogP contribution is 2.39. The van der Waals surface area contributed by atoms with Gasteiger partial charge in [-0.2, -0.15) is 0 Å². The van der Waals surface area contributed by atoms with Crippen LogP contribution in [0.4, 0.5) is 0 Å². The van der Waals surface area contributed by atoms with Gasteiger partial charge in [0, 0.05) is 6.04 Å². The number of hydrogen-bond donors (Lipinski definition) is 1. The lowest BCUT2D eigenvalue weighted by Crippen LogP contribution is -2.31. The van der Waals surface area contributed by atoms with Crippen LogP contribution in [0.3, 0.4) is 0 Å².